The van der Waals surface area contributed by atoms with Crippen molar-refractivity contribution in [2.75, 3.05) is 37.7 Å². The normalized spacial score (nSPS) is 20.9. The van der Waals surface area contributed by atoms with Crippen molar-refractivity contribution in [1.29, 1.82) is 5.41 Å². The van der Waals surface area contributed by atoms with E-state index in [0.29, 0.717) is 24.4 Å². The molecule has 0 radical (unpaired) electrons. The number of nitrogens with one attached hydrogen (secondary N) is 4. The van der Waals surface area contributed by atoms with E-state index < -0.39 is 6.04 Å². The van der Waals surface area contributed by atoms with E-state index in [1.807, 2.05) is 12.1 Å². The minimum absolute atomic E-state index is 0.00508. The Hall–Kier alpha value is -3.43. The molecular formula is C27H36N6O3. The molecule has 0 unspecified atom stereocenters. The Morgan fingerprint density at radius 1 is 1.14 bits per heavy atom. The van der Waals surface area contributed by atoms with Crippen LogP contribution in [0.15, 0.2) is 48.5 Å². The summed E-state index contributed by atoms with van der Waals surface area (Å²) in [6.45, 7) is 6.12. The quantitative estimate of drug-likeness (QED) is 0.280. The molecule has 2 aliphatic heterocycles. The Morgan fingerprint density at radius 3 is 2.50 bits per heavy atom. The molecule has 9 nitrogen and oxygen atoms in total. The van der Waals surface area contributed by atoms with E-state index in [1.165, 1.54) is 11.3 Å². The van der Waals surface area contributed by atoms with Gasteiger partial charge in [0.25, 0.3) is 0 Å². The molecular weight excluding hydrogens is 456 g/mol. The van der Waals surface area contributed by atoms with Gasteiger partial charge in [0.2, 0.25) is 11.8 Å². The predicted molar refractivity (Wildman–Crippen MR) is 140 cm³/mol. The summed E-state index contributed by atoms with van der Waals surface area (Å²) in [5.41, 5.74) is 9.45. The standard InChI is InChI=1S/C27H36N6O3/c1-18(26(34)31-17-19-2-4-21(5-3-19)25(28)29)32-27(35)24-16-22(10-11-30-24)20-6-8-23(9-7-20)33-12-14-36-15-13-33/h2-9,18,22,24,30H,10-17H2,1H3,(H3,28,29)(H,31,34)(H,32,35)/t18-,22-,24+/m0/s1. The second-order valence-corrected chi connectivity index (χ2v) is 9.48. The van der Waals surface area contributed by atoms with E-state index >= 15 is 0 Å². The molecule has 2 heterocycles. The van der Waals surface area contributed by atoms with Crippen LogP contribution in [0.25, 0.3) is 0 Å². The molecule has 4 rings (SSSR count). The van der Waals surface area contributed by atoms with Crippen LogP contribution in [0, 0.1) is 5.41 Å². The van der Waals surface area contributed by atoms with Crippen LogP contribution in [0.5, 0.6) is 0 Å². The second kappa shape index (κ2) is 12.0. The molecule has 0 aliphatic carbocycles. The summed E-state index contributed by atoms with van der Waals surface area (Å²) in [5, 5.41) is 16.5. The molecule has 3 atom stereocenters. The number of rotatable bonds is 8. The average Bonchev–Trinajstić information content (AvgIpc) is 2.92. The average molecular weight is 493 g/mol. The third-order valence-corrected chi connectivity index (χ3v) is 6.94. The first-order chi connectivity index (χ1) is 17.4. The topological polar surface area (TPSA) is 133 Å². The lowest BCUT2D eigenvalue weighted by Gasteiger charge is -2.32. The molecule has 2 saturated heterocycles. The first-order valence-corrected chi connectivity index (χ1v) is 12.6. The van der Waals surface area contributed by atoms with Gasteiger partial charge >= 0.3 is 0 Å². The van der Waals surface area contributed by atoms with Crippen molar-refractivity contribution >= 4 is 23.3 Å². The van der Waals surface area contributed by atoms with Crippen LogP contribution in [0.1, 0.15) is 42.4 Å². The van der Waals surface area contributed by atoms with Crippen molar-refractivity contribution in [2.45, 2.75) is 44.3 Å². The number of nitrogen functional groups attached to an aromatic ring is 1. The van der Waals surface area contributed by atoms with Gasteiger partial charge in [-0.25, -0.2) is 0 Å². The highest BCUT2D eigenvalue weighted by Gasteiger charge is 2.29. The molecule has 6 N–H and O–H groups in total. The maximum Gasteiger partial charge on any atom is 0.242 e. The number of anilines is 1. The fraction of sp³-hybridized carbons (Fsp3) is 0.444. The van der Waals surface area contributed by atoms with E-state index in [0.717, 1.165) is 44.8 Å². The van der Waals surface area contributed by atoms with Gasteiger partial charge in [-0.15, -0.1) is 0 Å². The van der Waals surface area contributed by atoms with Crippen LogP contribution in [0.3, 0.4) is 0 Å². The third kappa shape index (κ3) is 6.61. The van der Waals surface area contributed by atoms with Crippen LogP contribution < -0.4 is 26.6 Å². The number of morpholine rings is 1. The fourth-order valence-corrected chi connectivity index (χ4v) is 4.72. The first kappa shape index (κ1) is 25.7. The zero-order valence-corrected chi connectivity index (χ0v) is 20.8. The van der Waals surface area contributed by atoms with Crippen molar-refractivity contribution in [2.24, 2.45) is 5.73 Å². The summed E-state index contributed by atoms with van der Waals surface area (Å²) in [6.07, 6.45) is 1.67. The lowest BCUT2D eigenvalue weighted by atomic mass is 9.86. The molecule has 2 fully saturated rings. The largest absolute Gasteiger partial charge is 0.384 e. The summed E-state index contributed by atoms with van der Waals surface area (Å²) < 4.78 is 5.44. The molecule has 192 valence electrons. The number of piperidine rings is 1. The molecule has 0 saturated carbocycles. The SMILES string of the molecule is C[C@H](NC(=O)[C@H]1C[C@@H](c2ccc(N3CCOCC3)cc2)CCN1)C(=O)NCc1ccc(C(=N)N)cc1. The summed E-state index contributed by atoms with van der Waals surface area (Å²) in [5.74, 6) is -0.100. The Morgan fingerprint density at radius 2 is 1.83 bits per heavy atom. The number of carbonyl (C=O) groups excluding carboxylic acids is 2. The molecule has 36 heavy (non-hydrogen) atoms. The van der Waals surface area contributed by atoms with Crippen LogP contribution in [0.4, 0.5) is 5.69 Å². The fourth-order valence-electron chi connectivity index (χ4n) is 4.72. The summed E-state index contributed by atoms with van der Waals surface area (Å²) in [7, 11) is 0. The van der Waals surface area contributed by atoms with E-state index in [2.05, 4.69) is 45.1 Å². The number of amides is 2. The number of hydrogen-bond acceptors (Lipinski definition) is 6. The van der Waals surface area contributed by atoms with Crippen molar-refractivity contribution < 1.29 is 14.3 Å². The second-order valence-electron chi connectivity index (χ2n) is 9.48. The number of amidine groups is 1. The van der Waals surface area contributed by atoms with Gasteiger partial charge < -0.3 is 31.3 Å². The Labute approximate surface area is 212 Å². The van der Waals surface area contributed by atoms with Gasteiger partial charge in [-0.2, -0.15) is 0 Å². The third-order valence-electron chi connectivity index (χ3n) is 6.94. The Balaban J connectivity index is 1.25. The smallest absolute Gasteiger partial charge is 0.242 e. The Bertz CT molecular complexity index is 1050. The van der Waals surface area contributed by atoms with Crippen molar-refractivity contribution in [3.8, 4) is 0 Å². The molecule has 2 amide bonds. The molecule has 0 spiro atoms. The van der Waals surface area contributed by atoms with Gasteiger partial charge in [-0.3, -0.25) is 15.0 Å². The van der Waals surface area contributed by atoms with Gasteiger partial charge in [-0.1, -0.05) is 36.4 Å². The number of carbonyl (C=O) groups is 2. The van der Waals surface area contributed by atoms with Crippen LogP contribution in [-0.2, 0) is 20.9 Å². The Kier molecular flexibility index (Phi) is 8.56. The highest BCUT2D eigenvalue weighted by molar-refractivity contribution is 5.95. The van der Waals surface area contributed by atoms with E-state index in [4.69, 9.17) is 15.9 Å². The van der Waals surface area contributed by atoms with Gasteiger partial charge in [0.05, 0.1) is 19.3 Å². The lowest BCUT2D eigenvalue weighted by Crippen LogP contribution is -2.53. The highest BCUT2D eigenvalue weighted by Crippen LogP contribution is 2.29. The van der Waals surface area contributed by atoms with Gasteiger partial charge in [0, 0.05) is 30.9 Å². The molecule has 2 aliphatic rings. The van der Waals surface area contributed by atoms with Gasteiger partial charge in [-0.05, 0) is 55.5 Å². The molecule has 0 bridgehead atoms. The zero-order valence-electron chi connectivity index (χ0n) is 20.8. The summed E-state index contributed by atoms with van der Waals surface area (Å²) in [6, 6.07) is 14.8. The monoisotopic (exact) mass is 492 g/mol. The molecule has 2 aromatic rings. The minimum Gasteiger partial charge on any atom is -0.384 e. The van der Waals surface area contributed by atoms with Crippen LogP contribution in [-0.4, -0.2) is 62.6 Å². The highest BCUT2D eigenvalue weighted by atomic mass is 16.5. The number of hydrogen-bond donors (Lipinski definition) is 5. The number of nitrogens with two attached hydrogens (primary N) is 1. The van der Waals surface area contributed by atoms with Crippen molar-refractivity contribution in [3.63, 3.8) is 0 Å². The number of ether oxygens (including phenoxy) is 1. The van der Waals surface area contributed by atoms with Gasteiger partial charge in [0.1, 0.15) is 11.9 Å². The van der Waals surface area contributed by atoms with E-state index in [1.54, 1.807) is 19.1 Å². The van der Waals surface area contributed by atoms with Crippen molar-refractivity contribution in [1.82, 2.24) is 16.0 Å². The molecule has 0 aromatic heterocycles. The lowest BCUT2D eigenvalue weighted by molar-refractivity contribution is -0.130. The summed E-state index contributed by atoms with van der Waals surface area (Å²) in [4.78, 5) is 27.8. The van der Waals surface area contributed by atoms with Crippen LogP contribution in [0.2, 0.25) is 0 Å². The molecule has 2 aromatic carbocycles. The maximum atomic E-state index is 12.9. The van der Waals surface area contributed by atoms with Crippen molar-refractivity contribution in [3.05, 3.63) is 65.2 Å². The minimum atomic E-state index is -0.649. The first-order valence-electron chi connectivity index (χ1n) is 12.6. The predicted octanol–water partition coefficient (Wildman–Crippen LogP) is 1.46. The van der Waals surface area contributed by atoms with Gasteiger partial charge in [0.15, 0.2) is 0 Å². The van der Waals surface area contributed by atoms with E-state index in [-0.39, 0.29) is 23.7 Å². The zero-order chi connectivity index (χ0) is 25.5. The molecule has 9 heteroatoms. The maximum absolute atomic E-state index is 12.9. The number of nitrogens with zero attached hydrogens (tertiary/aromatic N) is 1. The number of benzene rings is 2. The summed E-state index contributed by atoms with van der Waals surface area (Å²) >= 11 is 0. The van der Waals surface area contributed by atoms with E-state index in [9.17, 15) is 9.59 Å². The van der Waals surface area contributed by atoms with Crippen LogP contribution >= 0.6 is 0 Å².